The van der Waals surface area contributed by atoms with Crippen LogP contribution in [0, 0.1) is 35.5 Å². The summed E-state index contributed by atoms with van der Waals surface area (Å²) < 4.78 is 11.3. The lowest BCUT2D eigenvalue weighted by Gasteiger charge is -2.41. The third kappa shape index (κ3) is 26.2. The Morgan fingerprint density at radius 3 is 1.46 bits per heavy atom. The Morgan fingerprint density at radius 2 is 0.980 bits per heavy atom. The van der Waals surface area contributed by atoms with E-state index in [9.17, 15) is 19.5 Å². The first-order valence-corrected chi connectivity index (χ1v) is 36.4. The molecule has 0 aromatic rings. The van der Waals surface area contributed by atoms with E-state index in [0.717, 1.165) is 18.0 Å². The fraction of sp³-hybridized carbons (Fsp3) is 0.817. The van der Waals surface area contributed by atoms with Gasteiger partial charge in [-0.25, -0.2) is 0 Å². The quantitative estimate of drug-likeness (QED) is 0.0479. The Hall–Kier alpha value is -5.90. The van der Waals surface area contributed by atoms with Crippen molar-refractivity contribution in [2.24, 2.45) is 35.5 Å². The molecule has 0 aliphatic carbocycles. The molecule has 1 aliphatic rings. The average Bonchev–Trinajstić information content (AvgIpc) is 0.806. The van der Waals surface area contributed by atoms with Crippen molar-refractivity contribution < 1.29 is 67.3 Å². The summed E-state index contributed by atoms with van der Waals surface area (Å²) in [6.07, 6.45) is 2.58. The zero-order valence-corrected chi connectivity index (χ0v) is 65.6. The van der Waals surface area contributed by atoms with E-state index in [4.69, 9.17) is 9.47 Å². The summed E-state index contributed by atoms with van der Waals surface area (Å²) in [5.41, 5.74) is -1.16. The van der Waals surface area contributed by atoms with Gasteiger partial charge in [0, 0.05) is 80.9 Å². The monoisotopic (exact) mass is 1410 g/mol. The van der Waals surface area contributed by atoms with Crippen LogP contribution in [0.1, 0.15) is 170 Å². The van der Waals surface area contributed by atoms with Crippen LogP contribution in [0.3, 0.4) is 0 Å². The molecule has 0 aromatic heterocycles. The van der Waals surface area contributed by atoms with Crippen molar-refractivity contribution in [1.29, 1.82) is 0 Å². The molecule has 98 heavy (non-hydrogen) atoms. The molecule has 27 heteroatoms. The maximum Gasteiger partial charge on any atom is 0.246 e. The van der Waals surface area contributed by atoms with Gasteiger partial charge in [-0.1, -0.05) is 109 Å². The van der Waals surface area contributed by atoms with Gasteiger partial charge in [0.05, 0.1) is 11.7 Å². The standard InChI is InChI=1S/C71H130N12O14S/c1-28-32-33-47(15)59(84)58-63(88)74-50(29-2)65(90)80(24)55(40-98-35-34-83(30-3)31-4)68(93)79(23)54(39-71(18,19)97-41-96-27)62(87)75-56(45(11)12)69(94)76(20)51(36-42(5)6)61(86)72-48(16)60(85)73-49(17)64(89)77(21)52(37-43(7)8)66(91)78(22)53(38-44(9)10)67(92)81(25)57(46(13)14)70(95)82(58)26/h28,32,42-59,84H,29-31,33-41H2,1-27H3,(H,72,86)(H,73,85)(H,74,88)(H,75,87)/b32-28+/t47-,48+,49-,50+,51+,52+,53+,54+,55-,56+,57+,58+,59-/m1/s1. The number of nitrogens with one attached hydrogen (secondary N) is 4. The normalized spacial score (nSPS) is 25.9. The Morgan fingerprint density at radius 1 is 0.531 bits per heavy atom. The molecule has 564 valence electrons. The predicted octanol–water partition coefficient (Wildman–Crippen LogP) is 4.46. The zero-order chi connectivity index (χ0) is 75.7. The molecule has 0 saturated carbocycles. The topological polar surface area (TPSA) is 300 Å². The molecule has 1 heterocycles. The molecule has 0 bridgehead atoms. The molecule has 13 atom stereocenters. The summed E-state index contributed by atoms with van der Waals surface area (Å²) >= 11 is 1.41. The Labute approximate surface area is 592 Å². The smallest absolute Gasteiger partial charge is 0.246 e. The van der Waals surface area contributed by atoms with Gasteiger partial charge in [-0.05, 0) is 115 Å². The van der Waals surface area contributed by atoms with Crippen LogP contribution in [-0.2, 0) is 62.2 Å². The maximum atomic E-state index is 15.6. The van der Waals surface area contributed by atoms with E-state index in [1.54, 1.807) is 68.4 Å². The average molecular weight is 1410 g/mol. The number of methoxy groups -OCH3 is 1. The van der Waals surface area contributed by atoms with Gasteiger partial charge in [-0.3, -0.25) is 52.7 Å². The largest absolute Gasteiger partial charge is 0.390 e. The number of allylic oxidation sites excluding steroid dienone is 2. The summed E-state index contributed by atoms with van der Waals surface area (Å²) in [6, 6.07) is -14.3. The van der Waals surface area contributed by atoms with Crippen LogP contribution in [0.15, 0.2) is 12.2 Å². The summed E-state index contributed by atoms with van der Waals surface area (Å²) in [5, 5.41) is 23.6. The van der Waals surface area contributed by atoms with Crippen LogP contribution in [0.2, 0.25) is 0 Å². The van der Waals surface area contributed by atoms with Gasteiger partial charge in [-0.2, -0.15) is 11.8 Å². The number of carbonyl (C=O) groups excluding carboxylic acids is 11. The molecule has 0 aromatic carbocycles. The van der Waals surface area contributed by atoms with Crippen molar-refractivity contribution in [2.75, 3.05) is 94.4 Å². The maximum absolute atomic E-state index is 15.6. The molecule has 1 aliphatic heterocycles. The van der Waals surface area contributed by atoms with E-state index < -0.39 is 161 Å². The van der Waals surface area contributed by atoms with Crippen LogP contribution in [-0.4, -0.2) is 282 Å². The molecule has 0 radical (unpaired) electrons. The van der Waals surface area contributed by atoms with E-state index in [2.05, 4.69) is 26.2 Å². The van der Waals surface area contributed by atoms with E-state index in [1.165, 1.54) is 111 Å². The summed E-state index contributed by atoms with van der Waals surface area (Å²) in [4.78, 5) is 176. The SMILES string of the molecule is C/C=C/C[C@@H](C)[C@@H](O)[C@H]1C(=O)N[C@@H](CC)C(=O)N(C)[C@H](CSCCN(CC)CC)C(=O)N(C)[C@@H](CC(C)(C)OCOC)C(=O)N[C@@H](C(C)C)C(=O)N(C)[C@@H](CC(C)C)C(=O)N[C@@H](C)C(=O)N[C@H](C)C(=O)N(C)[C@@H](CC(C)C)C(=O)N(C)[C@@H](CC(C)C)C(=O)N(C)[C@@H](C(C)C)C(=O)N1C. The number of aliphatic hydroxyl groups is 1. The first kappa shape index (κ1) is 90.1. The van der Waals surface area contributed by atoms with E-state index in [1.807, 2.05) is 61.5 Å². The third-order valence-electron chi connectivity index (χ3n) is 18.7. The van der Waals surface area contributed by atoms with E-state index >= 15 is 38.4 Å². The molecule has 1 rings (SSSR count). The summed E-state index contributed by atoms with van der Waals surface area (Å²) in [5.74, 6) is -9.49. The van der Waals surface area contributed by atoms with Crippen LogP contribution >= 0.6 is 11.8 Å². The number of thioether (sulfide) groups is 1. The van der Waals surface area contributed by atoms with Gasteiger partial charge >= 0.3 is 0 Å². The lowest BCUT2D eigenvalue weighted by molar-refractivity contribution is -0.157. The van der Waals surface area contributed by atoms with Crippen LogP contribution < -0.4 is 21.3 Å². The van der Waals surface area contributed by atoms with Crippen molar-refractivity contribution >= 4 is 76.7 Å². The Kier molecular flexibility index (Phi) is 39.0. The number of hydrogen-bond acceptors (Lipinski definition) is 16. The third-order valence-corrected chi connectivity index (χ3v) is 19.7. The first-order chi connectivity index (χ1) is 45.5. The first-order valence-electron chi connectivity index (χ1n) is 35.3. The molecule has 26 nitrogen and oxygen atoms in total. The Bertz CT molecular complexity index is 2640. The highest BCUT2D eigenvalue weighted by Gasteiger charge is 2.47. The molecular formula is C71H130N12O14S. The van der Waals surface area contributed by atoms with Crippen molar-refractivity contribution in [3.8, 4) is 0 Å². The second kappa shape index (κ2) is 42.4. The molecular weight excluding hydrogens is 1280 g/mol. The number of rotatable bonds is 25. The number of nitrogens with zero attached hydrogens (tertiary/aromatic N) is 8. The molecule has 11 amide bonds. The Balaban J connectivity index is 4.66. The van der Waals surface area contributed by atoms with E-state index in [-0.39, 0.29) is 68.8 Å². The van der Waals surface area contributed by atoms with Crippen molar-refractivity contribution in [3.63, 3.8) is 0 Å². The number of ether oxygens (including phenoxy) is 2. The minimum atomic E-state index is -1.66. The lowest BCUT2D eigenvalue weighted by Crippen LogP contribution is -2.64. The second-order valence-electron chi connectivity index (χ2n) is 29.3. The van der Waals surface area contributed by atoms with Gasteiger partial charge in [0.1, 0.15) is 73.3 Å². The van der Waals surface area contributed by atoms with Gasteiger partial charge in [-0.15, -0.1) is 0 Å². The number of likely N-dealkylation sites (N-methyl/N-ethyl adjacent to an activating group) is 7. The zero-order valence-electron chi connectivity index (χ0n) is 64.8. The lowest BCUT2D eigenvalue weighted by atomic mass is 9.91. The van der Waals surface area contributed by atoms with Gasteiger partial charge < -0.3 is 75.0 Å². The minimum Gasteiger partial charge on any atom is -0.390 e. The number of amides is 11. The van der Waals surface area contributed by atoms with Crippen molar-refractivity contribution in [2.45, 2.75) is 248 Å². The molecule has 5 N–H and O–H groups in total. The highest BCUT2D eigenvalue weighted by molar-refractivity contribution is 7.99. The minimum absolute atomic E-state index is 0.0193. The molecule has 0 spiro atoms. The van der Waals surface area contributed by atoms with Crippen LogP contribution in [0.4, 0.5) is 0 Å². The van der Waals surface area contributed by atoms with Gasteiger partial charge in [0.15, 0.2) is 0 Å². The van der Waals surface area contributed by atoms with Crippen molar-refractivity contribution in [3.05, 3.63) is 12.2 Å². The number of hydrogen-bond donors (Lipinski definition) is 5. The highest BCUT2D eigenvalue weighted by Crippen LogP contribution is 2.28. The van der Waals surface area contributed by atoms with Crippen molar-refractivity contribution in [1.82, 2.24) is 60.5 Å². The fourth-order valence-electron chi connectivity index (χ4n) is 12.2. The second-order valence-corrected chi connectivity index (χ2v) is 30.4. The van der Waals surface area contributed by atoms with E-state index in [0.29, 0.717) is 12.3 Å². The summed E-state index contributed by atoms with van der Waals surface area (Å²) in [6.45, 7) is 35.7. The van der Waals surface area contributed by atoms with Gasteiger partial charge in [0.25, 0.3) is 0 Å². The van der Waals surface area contributed by atoms with Gasteiger partial charge in [0.2, 0.25) is 65.0 Å². The molecule has 1 fully saturated rings. The van der Waals surface area contributed by atoms with Crippen LogP contribution in [0.25, 0.3) is 0 Å². The molecule has 1 saturated heterocycles. The number of carbonyl (C=O) groups is 11. The summed E-state index contributed by atoms with van der Waals surface area (Å²) in [7, 11) is 11.4. The predicted molar refractivity (Wildman–Crippen MR) is 385 cm³/mol. The number of aliphatic hydroxyl groups excluding tert-OH is 1. The van der Waals surface area contributed by atoms with Crippen LogP contribution in [0.5, 0.6) is 0 Å². The molecule has 0 unspecified atom stereocenters. The fourth-order valence-corrected chi connectivity index (χ4v) is 13.3. The highest BCUT2D eigenvalue weighted by atomic mass is 32.2.